The highest BCUT2D eigenvalue weighted by Gasteiger charge is 2.17. The maximum absolute atomic E-state index is 11.9. The van der Waals surface area contributed by atoms with Gasteiger partial charge in [0.2, 0.25) is 5.91 Å². The minimum absolute atomic E-state index is 0.106. The summed E-state index contributed by atoms with van der Waals surface area (Å²) >= 11 is 0. The molecule has 0 unspecified atom stereocenters. The zero-order valence-corrected chi connectivity index (χ0v) is 14.9. The van der Waals surface area contributed by atoms with E-state index in [9.17, 15) is 14.4 Å². The number of amides is 3. The van der Waals surface area contributed by atoms with E-state index in [2.05, 4.69) is 21.5 Å². The molecule has 0 saturated heterocycles. The number of rotatable bonds is 8. The smallest absolute Gasteiger partial charge is 0.408 e. The van der Waals surface area contributed by atoms with Crippen LogP contribution >= 0.6 is 0 Å². The van der Waals surface area contributed by atoms with Crippen LogP contribution in [0.5, 0.6) is 0 Å². The maximum atomic E-state index is 11.9. The van der Waals surface area contributed by atoms with Gasteiger partial charge in [0.25, 0.3) is 5.91 Å². The zero-order chi connectivity index (χ0) is 19.5. The number of carbonyl (C=O) groups excluding carboxylic acids is 3. The zero-order valence-electron chi connectivity index (χ0n) is 14.9. The molecule has 0 aromatic heterocycles. The summed E-state index contributed by atoms with van der Waals surface area (Å²) in [6, 6.07) is 17.4. The van der Waals surface area contributed by atoms with Gasteiger partial charge < -0.3 is 15.4 Å². The molecule has 1 atom stereocenters. The molecule has 27 heavy (non-hydrogen) atoms. The Balaban J connectivity index is 1.64. The highest BCUT2D eigenvalue weighted by Crippen LogP contribution is 2.02. The average molecular weight is 370 g/mol. The van der Waals surface area contributed by atoms with Gasteiger partial charge in [0.05, 0.1) is 12.2 Å². The van der Waals surface area contributed by atoms with Crippen LogP contribution < -0.4 is 21.5 Å². The van der Waals surface area contributed by atoms with E-state index < -0.39 is 23.9 Å². The Labute approximate surface area is 157 Å². The summed E-state index contributed by atoms with van der Waals surface area (Å²) in [5, 5.41) is 4.85. The van der Waals surface area contributed by atoms with Crippen LogP contribution in [0.3, 0.4) is 0 Å². The van der Waals surface area contributed by atoms with Gasteiger partial charge in [0, 0.05) is 0 Å². The normalized spacial score (nSPS) is 11.0. The summed E-state index contributed by atoms with van der Waals surface area (Å²) < 4.78 is 5.04. The Morgan fingerprint density at radius 1 is 0.963 bits per heavy atom. The molecule has 3 amide bonds. The molecule has 8 heteroatoms. The molecule has 0 heterocycles. The lowest BCUT2D eigenvalue weighted by molar-refractivity contribution is -0.126. The summed E-state index contributed by atoms with van der Waals surface area (Å²) in [6.07, 6.45) is -0.711. The molecule has 0 bridgehead atoms. The van der Waals surface area contributed by atoms with E-state index in [4.69, 9.17) is 4.74 Å². The molecule has 0 aliphatic rings. The van der Waals surface area contributed by atoms with Crippen molar-refractivity contribution in [2.75, 3.05) is 12.0 Å². The summed E-state index contributed by atoms with van der Waals surface area (Å²) in [5.74, 6) is -0.924. The van der Waals surface area contributed by atoms with E-state index in [-0.39, 0.29) is 13.2 Å². The summed E-state index contributed by atoms with van der Waals surface area (Å²) in [6.45, 7) is 1.37. The summed E-state index contributed by atoms with van der Waals surface area (Å²) in [5.41, 5.74) is 6.73. The average Bonchev–Trinajstić information content (AvgIpc) is 2.70. The minimum Gasteiger partial charge on any atom is -0.445 e. The number of benzene rings is 2. The second kappa shape index (κ2) is 10.4. The molecule has 8 nitrogen and oxygen atoms in total. The number of hydrogen-bond acceptors (Lipinski definition) is 5. The lowest BCUT2D eigenvalue weighted by atomic mass is 10.2. The monoisotopic (exact) mass is 370 g/mol. The lowest BCUT2D eigenvalue weighted by Crippen LogP contribution is -2.48. The fraction of sp³-hybridized carbons (Fsp3) is 0.211. The van der Waals surface area contributed by atoms with E-state index in [0.717, 1.165) is 5.56 Å². The van der Waals surface area contributed by atoms with Gasteiger partial charge in [-0.3, -0.25) is 20.4 Å². The van der Waals surface area contributed by atoms with E-state index in [0.29, 0.717) is 5.69 Å². The predicted octanol–water partition coefficient (Wildman–Crippen LogP) is 1.56. The van der Waals surface area contributed by atoms with Crippen LogP contribution in [0.1, 0.15) is 12.5 Å². The van der Waals surface area contributed by atoms with Crippen LogP contribution in [0.15, 0.2) is 60.7 Å². The summed E-state index contributed by atoms with van der Waals surface area (Å²) in [7, 11) is 0. The van der Waals surface area contributed by atoms with Crippen molar-refractivity contribution >= 4 is 23.6 Å². The highest BCUT2D eigenvalue weighted by molar-refractivity contribution is 5.89. The second-order valence-corrected chi connectivity index (χ2v) is 5.68. The first-order valence-corrected chi connectivity index (χ1v) is 8.39. The SMILES string of the molecule is C[C@H](NC(=O)OCc1ccccc1)C(=O)NCC(=O)NNc1ccccc1. The van der Waals surface area contributed by atoms with Crippen LogP contribution in [0, 0.1) is 0 Å². The molecule has 0 radical (unpaired) electrons. The van der Waals surface area contributed by atoms with E-state index in [1.165, 1.54) is 6.92 Å². The van der Waals surface area contributed by atoms with E-state index in [1.807, 2.05) is 48.5 Å². The van der Waals surface area contributed by atoms with Crippen molar-refractivity contribution in [1.82, 2.24) is 16.1 Å². The Morgan fingerprint density at radius 3 is 2.26 bits per heavy atom. The third-order valence-corrected chi connectivity index (χ3v) is 3.48. The number of alkyl carbamates (subject to hydrolysis) is 1. The first kappa shape index (κ1) is 19.8. The largest absolute Gasteiger partial charge is 0.445 e. The first-order valence-electron chi connectivity index (χ1n) is 8.39. The molecule has 0 aliphatic heterocycles. The summed E-state index contributed by atoms with van der Waals surface area (Å²) in [4.78, 5) is 35.4. The van der Waals surface area contributed by atoms with Crippen LogP contribution in [-0.2, 0) is 20.9 Å². The Kier molecular flexibility index (Phi) is 7.65. The van der Waals surface area contributed by atoms with Crippen LogP contribution in [0.4, 0.5) is 10.5 Å². The molecule has 2 aromatic carbocycles. The molecule has 0 spiro atoms. The molecule has 0 fully saturated rings. The van der Waals surface area contributed by atoms with E-state index in [1.54, 1.807) is 12.1 Å². The van der Waals surface area contributed by atoms with Gasteiger partial charge in [-0.1, -0.05) is 48.5 Å². The molecular weight excluding hydrogens is 348 g/mol. The molecular formula is C19H22N4O4. The molecule has 0 aliphatic carbocycles. The number of anilines is 1. The molecule has 142 valence electrons. The van der Waals surface area contributed by atoms with Gasteiger partial charge in [-0.15, -0.1) is 0 Å². The van der Waals surface area contributed by atoms with Crippen molar-refractivity contribution in [3.63, 3.8) is 0 Å². The lowest BCUT2D eigenvalue weighted by Gasteiger charge is -2.14. The Morgan fingerprint density at radius 2 is 1.59 bits per heavy atom. The number of ether oxygens (including phenoxy) is 1. The van der Waals surface area contributed by atoms with Gasteiger partial charge >= 0.3 is 6.09 Å². The number of carbonyl (C=O) groups is 3. The van der Waals surface area contributed by atoms with Crippen molar-refractivity contribution in [3.05, 3.63) is 66.2 Å². The number of hydrogen-bond donors (Lipinski definition) is 4. The van der Waals surface area contributed by atoms with Crippen LogP contribution in [0.2, 0.25) is 0 Å². The van der Waals surface area contributed by atoms with Crippen molar-refractivity contribution in [2.45, 2.75) is 19.6 Å². The second-order valence-electron chi connectivity index (χ2n) is 5.68. The highest BCUT2D eigenvalue weighted by atomic mass is 16.5. The number of hydrazine groups is 1. The van der Waals surface area contributed by atoms with Gasteiger partial charge in [-0.25, -0.2) is 4.79 Å². The van der Waals surface area contributed by atoms with Crippen molar-refractivity contribution < 1.29 is 19.1 Å². The molecule has 2 rings (SSSR count). The van der Waals surface area contributed by atoms with Gasteiger partial charge in [-0.05, 0) is 24.6 Å². The third-order valence-electron chi connectivity index (χ3n) is 3.48. The standard InChI is InChI=1S/C19H22N4O4/c1-14(21-19(26)27-13-15-8-4-2-5-9-15)18(25)20-12-17(24)23-22-16-10-6-3-7-11-16/h2-11,14,22H,12-13H2,1H3,(H,20,25)(H,21,26)(H,23,24)/t14-/m0/s1. The number of nitrogens with one attached hydrogen (secondary N) is 4. The maximum Gasteiger partial charge on any atom is 0.408 e. The minimum atomic E-state index is -0.844. The predicted molar refractivity (Wildman–Crippen MR) is 100 cm³/mol. The van der Waals surface area contributed by atoms with Crippen molar-refractivity contribution in [1.29, 1.82) is 0 Å². The number of para-hydroxylation sites is 1. The van der Waals surface area contributed by atoms with Crippen LogP contribution in [-0.4, -0.2) is 30.5 Å². The quantitative estimate of drug-likeness (QED) is 0.528. The van der Waals surface area contributed by atoms with Crippen molar-refractivity contribution in [2.24, 2.45) is 0 Å². The molecule has 4 N–H and O–H groups in total. The topological polar surface area (TPSA) is 109 Å². The fourth-order valence-corrected chi connectivity index (χ4v) is 2.04. The fourth-order valence-electron chi connectivity index (χ4n) is 2.04. The van der Waals surface area contributed by atoms with Gasteiger partial charge in [-0.2, -0.15) is 0 Å². The Hall–Kier alpha value is -3.55. The molecule has 0 saturated carbocycles. The van der Waals surface area contributed by atoms with Crippen molar-refractivity contribution in [3.8, 4) is 0 Å². The first-order chi connectivity index (χ1) is 13.0. The van der Waals surface area contributed by atoms with Gasteiger partial charge in [0.15, 0.2) is 0 Å². The van der Waals surface area contributed by atoms with E-state index >= 15 is 0 Å². The van der Waals surface area contributed by atoms with Gasteiger partial charge in [0.1, 0.15) is 12.6 Å². The third kappa shape index (κ3) is 7.47. The Bertz CT molecular complexity index is 753. The molecule has 2 aromatic rings. The van der Waals surface area contributed by atoms with Crippen LogP contribution in [0.25, 0.3) is 0 Å².